The Hall–Kier alpha value is -2.82. The summed E-state index contributed by atoms with van der Waals surface area (Å²) in [6.07, 6.45) is 0. The number of hydrogen-bond donors (Lipinski definition) is 1. The third kappa shape index (κ3) is 3.11. The molecule has 2 aromatic rings. The summed E-state index contributed by atoms with van der Waals surface area (Å²) in [4.78, 5) is 19.2. The van der Waals surface area contributed by atoms with Gasteiger partial charge in [-0.15, -0.1) is 0 Å². The number of benzene rings is 2. The van der Waals surface area contributed by atoms with E-state index in [0.29, 0.717) is 24.6 Å². The van der Waals surface area contributed by atoms with E-state index in [-0.39, 0.29) is 5.91 Å². The molecule has 0 atom stereocenters. The van der Waals surface area contributed by atoms with Gasteiger partial charge in [0.05, 0.1) is 12.8 Å². The van der Waals surface area contributed by atoms with Crippen LogP contribution in [0.1, 0.15) is 21.5 Å². The first-order valence-corrected chi connectivity index (χ1v) is 7.95. The van der Waals surface area contributed by atoms with Crippen LogP contribution in [0.4, 0.5) is 5.69 Å². The van der Waals surface area contributed by atoms with Gasteiger partial charge in [0.2, 0.25) is 5.96 Å². The minimum atomic E-state index is -0.0624. The maximum atomic E-state index is 12.8. The van der Waals surface area contributed by atoms with Crippen LogP contribution in [0.2, 0.25) is 0 Å². The second-order valence-corrected chi connectivity index (χ2v) is 5.79. The molecule has 3 rings (SSSR count). The van der Waals surface area contributed by atoms with E-state index in [9.17, 15) is 4.79 Å². The number of amides is 1. The van der Waals surface area contributed by atoms with Crippen molar-refractivity contribution in [2.24, 2.45) is 4.99 Å². The number of aliphatic imine (C=N–C) groups is 1. The molecule has 0 spiro atoms. The van der Waals surface area contributed by atoms with Crippen molar-refractivity contribution < 1.29 is 9.53 Å². The fraction of sp³-hybridized carbons (Fsp3) is 0.263. The molecular formula is C19H21N3O2. The van der Waals surface area contributed by atoms with E-state index in [1.807, 2.05) is 32.0 Å². The summed E-state index contributed by atoms with van der Waals surface area (Å²) in [6, 6.07) is 13.2. The number of para-hydroxylation sites is 1. The number of guanidine groups is 1. The van der Waals surface area contributed by atoms with E-state index >= 15 is 0 Å². The molecule has 2 aromatic carbocycles. The molecule has 0 saturated carbocycles. The SMILES string of the molecule is COc1ccc(C(=O)N2CCNC2=Nc2c(C)cccc2C)cc1. The van der Waals surface area contributed by atoms with Crippen molar-refractivity contribution in [2.75, 3.05) is 20.2 Å². The molecule has 0 bridgehead atoms. The summed E-state index contributed by atoms with van der Waals surface area (Å²) in [6.45, 7) is 5.36. The minimum absolute atomic E-state index is 0.0624. The first-order chi connectivity index (χ1) is 11.6. The van der Waals surface area contributed by atoms with Crippen LogP contribution in [0.5, 0.6) is 5.75 Å². The molecule has 1 aliphatic rings. The quantitative estimate of drug-likeness (QED) is 0.944. The van der Waals surface area contributed by atoms with Gasteiger partial charge in [-0.1, -0.05) is 18.2 Å². The Bertz CT molecular complexity index is 761. The fourth-order valence-corrected chi connectivity index (χ4v) is 2.76. The number of carbonyl (C=O) groups excluding carboxylic acids is 1. The standard InChI is InChI=1S/C19H21N3O2/c1-13-5-4-6-14(2)17(13)21-19-20-11-12-22(19)18(23)15-7-9-16(24-3)10-8-15/h4-10H,11-12H2,1-3H3,(H,20,21). The van der Waals surface area contributed by atoms with Crippen LogP contribution in [0.15, 0.2) is 47.5 Å². The molecular weight excluding hydrogens is 302 g/mol. The maximum absolute atomic E-state index is 12.8. The average Bonchev–Trinajstić information content (AvgIpc) is 3.06. The van der Waals surface area contributed by atoms with Crippen molar-refractivity contribution in [1.29, 1.82) is 0 Å². The summed E-state index contributed by atoms with van der Waals surface area (Å²) in [5, 5.41) is 3.21. The Morgan fingerprint density at radius 2 is 1.79 bits per heavy atom. The number of nitrogens with one attached hydrogen (secondary N) is 1. The lowest BCUT2D eigenvalue weighted by Crippen LogP contribution is -2.35. The van der Waals surface area contributed by atoms with Crippen LogP contribution >= 0.6 is 0 Å². The van der Waals surface area contributed by atoms with Gasteiger partial charge >= 0.3 is 0 Å². The van der Waals surface area contributed by atoms with Crippen molar-refractivity contribution in [2.45, 2.75) is 13.8 Å². The van der Waals surface area contributed by atoms with Crippen molar-refractivity contribution in [3.05, 3.63) is 59.2 Å². The van der Waals surface area contributed by atoms with Crippen molar-refractivity contribution in [1.82, 2.24) is 10.2 Å². The molecule has 0 radical (unpaired) electrons. The monoisotopic (exact) mass is 323 g/mol. The number of aryl methyl sites for hydroxylation is 2. The summed E-state index contributed by atoms with van der Waals surface area (Å²) in [5.74, 6) is 1.27. The van der Waals surface area contributed by atoms with Crippen LogP contribution in [0, 0.1) is 13.8 Å². The van der Waals surface area contributed by atoms with E-state index in [4.69, 9.17) is 9.73 Å². The van der Waals surface area contributed by atoms with Crippen LogP contribution in [-0.2, 0) is 0 Å². The second-order valence-electron chi connectivity index (χ2n) is 5.79. The first-order valence-electron chi connectivity index (χ1n) is 7.95. The number of hydrogen-bond acceptors (Lipinski definition) is 3. The predicted octanol–water partition coefficient (Wildman–Crippen LogP) is 3.05. The Morgan fingerprint density at radius 1 is 1.12 bits per heavy atom. The average molecular weight is 323 g/mol. The summed E-state index contributed by atoms with van der Waals surface area (Å²) in [7, 11) is 1.61. The fourth-order valence-electron chi connectivity index (χ4n) is 2.76. The Balaban J connectivity index is 1.89. The molecule has 5 heteroatoms. The van der Waals surface area contributed by atoms with E-state index in [1.165, 1.54) is 0 Å². The van der Waals surface area contributed by atoms with Crippen molar-refractivity contribution >= 4 is 17.6 Å². The highest BCUT2D eigenvalue weighted by Crippen LogP contribution is 2.24. The Labute approximate surface area is 142 Å². The van der Waals surface area contributed by atoms with E-state index < -0.39 is 0 Å². The summed E-state index contributed by atoms with van der Waals surface area (Å²) in [5.41, 5.74) is 3.71. The molecule has 24 heavy (non-hydrogen) atoms. The molecule has 1 aliphatic heterocycles. The number of nitrogens with zero attached hydrogens (tertiary/aromatic N) is 2. The summed E-state index contributed by atoms with van der Waals surface area (Å²) >= 11 is 0. The van der Waals surface area contributed by atoms with Crippen LogP contribution in [0.3, 0.4) is 0 Å². The molecule has 5 nitrogen and oxygen atoms in total. The van der Waals surface area contributed by atoms with Crippen LogP contribution in [0.25, 0.3) is 0 Å². The highest BCUT2D eigenvalue weighted by atomic mass is 16.5. The van der Waals surface area contributed by atoms with E-state index in [0.717, 1.165) is 22.6 Å². The maximum Gasteiger partial charge on any atom is 0.260 e. The highest BCUT2D eigenvalue weighted by molar-refractivity contribution is 6.07. The van der Waals surface area contributed by atoms with Gasteiger partial charge in [-0.3, -0.25) is 9.69 Å². The molecule has 1 N–H and O–H groups in total. The third-order valence-corrected chi connectivity index (χ3v) is 4.11. The lowest BCUT2D eigenvalue weighted by molar-refractivity contribution is 0.0859. The molecule has 0 aromatic heterocycles. The number of rotatable bonds is 3. The topological polar surface area (TPSA) is 53.9 Å². The second kappa shape index (κ2) is 6.74. The largest absolute Gasteiger partial charge is 0.497 e. The van der Waals surface area contributed by atoms with Crippen molar-refractivity contribution in [3.8, 4) is 5.75 Å². The zero-order chi connectivity index (χ0) is 17.1. The normalized spacial score (nSPS) is 15.5. The molecule has 0 aliphatic carbocycles. The van der Waals surface area contributed by atoms with Crippen LogP contribution in [-0.4, -0.2) is 37.0 Å². The lowest BCUT2D eigenvalue weighted by Gasteiger charge is -2.17. The molecule has 0 unspecified atom stereocenters. The van der Waals surface area contributed by atoms with E-state index in [2.05, 4.69) is 5.32 Å². The van der Waals surface area contributed by atoms with Crippen molar-refractivity contribution in [3.63, 3.8) is 0 Å². The molecule has 1 saturated heterocycles. The number of methoxy groups -OCH3 is 1. The van der Waals surface area contributed by atoms with Gasteiger partial charge in [0.15, 0.2) is 0 Å². The highest BCUT2D eigenvalue weighted by Gasteiger charge is 2.26. The van der Waals surface area contributed by atoms with Crippen LogP contribution < -0.4 is 10.1 Å². The molecule has 1 fully saturated rings. The van der Waals surface area contributed by atoms with Gasteiger partial charge < -0.3 is 10.1 Å². The van der Waals surface area contributed by atoms with Gasteiger partial charge in [0.25, 0.3) is 5.91 Å². The Kier molecular flexibility index (Phi) is 4.51. The smallest absolute Gasteiger partial charge is 0.260 e. The molecule has 1 amide bonds. The number of carbonyl (C=O) groups is 1. The third-order valence-electron chi connectivity index (χ3n) is 4.11. The Morgan fingerprint density at radius 3 is 2.42 bits per heavy atom. The van der Waals surface area contributed by atoms with E-state index in [1.54, 1.807) is 36.3 Å². The molecule has 1 heterocycles. The zero-order valence-corrected chi connectivity index (χ0v) is 14.2. The first kappa shape index (κ1) is 16.1. The van der Waals surface area contributed by atoms with Gasteiger partial charge in [-0.25, -0.2) is 4.99 Å². The van der Waals surface area contributed by atoms with Gasteiger partial charge in [-0.2, -0.15) is 0 Å². The molecule has 124 valence electrons. The number of ether oxygens (including phenoxy) is 1. The minimum Gasteiger partial charge on any atom is -0.497 e. The van der Waals surface area contributed by atoms with Gasteiger partial charge in [-0.05, 0) is 49.2 Å². The summed E-state index contributed by atoms with van der Waals surface area (Å²) < 4.78 is 5.14. The van der Waals surface area contributed by atoms with Gasteiger partial charge in [0, 0.05) is 18.7 Å². The zero-order valence-electron chi connectivity index (χ0n) is 14.2. The lowest BCUT2D eigenvalue weighted by atomic mass is 10.1. The van der Waals surface area contributed by atoms with Gasteiger partial charge in [0.1, 0.15) is 5.75 Å². The predicted molar refractivity (Wildman–Crippen MR) is 95.0 cm³/mol.